The summed E-state index contributed by atoms with van der Waals surface area (Å²) >= 11 is 0. The van der Waals surface area contributed by atoms with Gasteiger partial charge in [0.1, 0.15) is 5.82 Å². The van der Waals surface area contributed by atoms with E-state index in [9.17, 15) is 14.0 Å². The number of aromatic amines is 1. The summed E-state index contributed by atoms with van der Waals surface area (Å²) in [7, 11) is 0. The van der Waals surface area contributed by atoms with Gasteiger partial charge in [0.25, 0.3) is 0 Å². The summed E-state index contributed by atoms with van der Waals surface area (Å²) in [5, 5.41) is 0. The van der Waals surface area contributed by atoms with E-state index in [0.717, 1.165) is 4.57 Å². The maximum Gasteiger partial charge on any atom is 0.333 e. The molecular weight excluding hydrogens is 285 g/mol. The fraction of sp³-hybridized carbons (Fsp3) is 0.125. The molecule has 0 spiro atoms. The number of halogens is 1. The van der Waals surface area contributed by atoms with Crippen molar-refractivity contribution in [3.8, 4) is 0 Å². The molecule has 0 bridgehead atoms. The van der Waals surface area contributed by atoms with Crippen LogP contribution < -0.4 is 11.4 Å². The number of hydrogen-bond acceptors (Lipinski definition) is 3. The highest BCUT2D eigenvalue weighted by Gasteiger charge is 2.14. The van der Waals surface area contributed by atoms with Crippen LogP contribution in [-0.4, -0.2) is 15.5 Å². The summed E-state index contributed by atoms with van der Waals surface area (Å²) in [6.45, 7) is 0. The molecule has 0 aliphatic heterocycles. The largest absolute Gasteiger partial charge is 0.399 e. The highest BCUT2D eigenvalue weighted by molar-refractivity contribution is 5.91. The number of benzene rings is 2. The smallest absolute Gasteiger partial charge is 0.333 e. The number of carbonyl (C=O) groups is 1. The minimum absolute atomic E-state index is 0.102. The van der Waals surface area contributed by atoms with Crippen molar-refractivity contribution in [3.63, 3.8) is 0 Å². The van der Waals surface area contributed by atoms with E-state index < -0.39 is 5.69 Å². The third-order valence-corrected chi connectivity index (χ3v) is 3.47. The molecular formula is C16H14FN3O2. The molecule has 0 atom stereocenters. The standard InChI is InChI=1S/C16H14FN3O2/c17-11-3-1-2-10(8-11)4-7-15(21)20-14-9-12(18)5-6-13(14)19-16(20)22/h1-3,5-6,8-9H,4,7,18H2,(H,19,22). The maximum absolute atomic E-state index is 13.1. The number of fused-ring (bicyclic) bond motifs is 1. The molecule has 0 amide bonds. The van der Waals surface area contributed by atoms with Gasteiger partial charge in [-0.1, -0.05) is 12.1 Å². The van der Waals surface area contributed by atoms with Crippen LogP contribution in [0.2, 0.25) is 0 Å². The molecule has 0 aliphatic carbocycles. The van der Waals surface area contributed by atoms with Gasteiger partial charge in [0.2, 0.25) is 5.91 Å². The van der Waals surface area contributed by atoms with Gasteiger partial charge in [-0.25, -0.2) is 13.8 Å². The summed E-state index contributed by atoms with van der Waals surface area (Å²) in [5.74, 6) is -0.701. The lowest BCUT2D eigenvalue weighted by molar-refractivity contribution is 0.0904. The van der Waals surface area contributed by atoms with Gasteiger partial charge in [-0.05, 0) is 42.3 Å². The fourth-order valence-corrected chi connectivity index (χ4v) is 2.42. The number of hydrogen-bond donors (Lipinski definition) is 2. The summed E-state index contributed by atoms with van der Waals surface area (Å²) < 4.78 is 14.2. The van der Waals surface area contributed by atoms with Gasteiger partial charge < -0.3 is 10.7 Å². The van der Waals surface area contributed by atoms with Crippen LogP contribution in [0.1, 0.15) is 16.8 Å². The van der Waals surface area contributed by atoms with Crippen molar-refractivity contribution in [2.24, 2.45) is 0 Å². The van der Waals surface area contributed by atoms with Crippen LogP contribution >= 0.6 is 0 Å². The molecule has 3 N–H and O–H groups in total. The average Bonchev–Trinajstić information content (AvgIpc) is 2.80. The third-order valence-electron chi connectivity index (χ3n) is 3.47. The SMILES string of the molecule is Nc1ccc2[nH]c(=O)n(C(=O)CCc3cccc(F)c3)c2c1. The highest BCUT2D eigenvalue weighted by Crippen LogP contribution is 2.15. The van der Waals surface area contributed by atoms with Crippen molar-refractivity contribution in [1.82, 2.24) is 9.55 Å². The lowest BCUT2D eigenvalue weighted by Crippen LogP contribution is -2.24. The zero-order valence-corrected chi connectivity index (χ0v) is 11.7. The number of imidazole rings is 1. The predicted molar refractivity (Wildman–Crippen MR) is 82.3 cm³/mol. The summed E-state index contributed by atoms with van der Waals surface area (Å²) in [4.78, 5) is 26.9. The second-order valence-corrected chi connectivity index (χ2v) is 5.07. The second-order valence-electron chi connectivity index (χ2n) is 5.07. The van der Waals surface area contributed by atoms with E-state index in [1.807, 2.05) is 0 Å². The number of aryl methyl sites for hydroxylation is 1. The molecule has 22 heavy (non-hydrogen) atoms. The summed E-state index contributed by atoms with van der Waals surface area (Å²) in [6.07, 6.45) is 0.461. The fourth-order valence-electron chi connectivity index (χ4n) is 2.42. The number of H-pyrrole nitrogens is 1. The van der Waals surface area contributed by atoms with Crippen molar-refractivity contribution in [2.75, 3.05) is 5.73 Å². The molecule has 6 heteroatoms. The van der Waals surface area contributed by atoms with Gasteiger partial charge in [0, 0.05) is 12.1 Å². The molecule has 2 aromatic carbocycles. The van der Waals surface area contributed by atoms with E-state index in [1.165, 1.54) is 12.1 Å². The van der Waals surface area contributed by atoms with Crippen LogP contribution in [0.4, 0.5) is 10.1 Å². The van der Waals surface area contributed by atoms with Gasteiger partial charge in [0.15, 0.2) is 0 Å². The first-order valence-electron chi connectivity index (χ1n) is 6.82. The number of anilines is 1. The van der Waals surface area contributed by atoms with Gasteiger partial charge >= 0.3 is 5.69 Å². The number of carbonyl (C=O) groups excluding carboxylic acids is 1. The second kappa shape index (κ2) is 5.48. The Balaban J connectivity index is 1.88. The Morgan fingerprint density at radius 3 is 2.82 bits per heavy atom. The van der Waals surface area contributed by atoms with Crippen LogP contribution in [0.5, 0.6) is 0 Å². The lowest BCUT2D eigenvalue weighted by Gasteiger charge is -2.04. The Labute approximate surface area is 125 Å². The maximum atomic E-state index is 13.1. The number of nitrogens with one attached hydrogen (secondary N) is 1. The van der Waals surface area contributed by atoms with E-state index in [2.05, 4.69) is 4.98 Å². The molecule has 3 rings (SSSR count). The first-order chi connectivity index (χ1) is 10.5. The van der Waals surface area contributed by atoms with Gasteiger partial charge in [-0.15, -0.1) is 0 Å². The third kappa shape index (κ3) is 2.63. The van der Waals surface area contributed by atoms with Gasteiger partial charge in [-0.2, -0.15) is 0 Å². The van der Waals surface area contributed by atoms with E-state index in [4.69, 9.17) is 5.73 Å². The van der Waals surface area contributed by atoms with Crippen LogP contribution in [0.3, 0.4) is 0 Å². The van der Waals surface area contributed by atoms with Gasteiger partial charge in [0.05, 0.1) is 11.0 Å². The van der Waals surface area contributed by atoms with Crippen LogP contribution in [0.15, 0.2) is 47.3 Å². The number of nitrogens with two attached hydrogens (primary N) is 1. The van der Waals surface area contributed by atoms with Crippen LogP contribution in [-0.2, 0) is 6.42 Å². The monoisotopic (exact) mass is 299 g/mol. The number of nitrogen functional groups attached to an aromatic ring is 1. The van der Waals surface area contributed by atoms with Crippen molar-refractivity contribution >= 4 is 22.6 Å². The molecule has 0 fully saturated rings. The number of nitrogens with zero attached hydrogens (tertiary/aromatic N) is 1. The summed E-state index contributed by atoms with van der Waals surface area (Å²) in [5.41, 5.74) is 7.39. The molecule has 0 saturated heterocycles. The van der Waals surface area contributed by atoms with E-state index >= 15 is 0 Å². The Kier molecular flexibility index (Phi) is 3.50. The molecule has 5 nitrogen and oxygen atoms in total. The van der Waals surface area contributed by atoms with Crippen molar-refractivity contribution < 1.29 is 9.18 Å². The lowest BCUT2D eigenvalue weighted by atomic mass is 10.1. The molecule has 0 radical (unpaired) electrons. The van der Waals surface area contributed by atoms with E-state index in [1.54, 1.807) is 30.3 Å². The predicted octanol–water partition coefficient (Wildman–Crippen LogP) is 2.32. The van der Waals surface area contributed by atoms with Crippen molar-refractivity contribution in [1.29, 1.82) is 0 Å². The van der Waals surface area contributed by atoms with Crippen molar-refractivity contribution in [2.45, 2.75) is 12.8 Å². The first-order valence-corrected chi connectivity index (χ1v) is 6.82. The molecule has 0 unspecified atom stereocenters. The molecule has 1 heterocycles. The zero-order valence-electron chi connectivity index (χ0n) is 11.7. The Bertz CT molecular complexity index is 911. The highest BCUT2D eigenvalue weighted by atomic mass is 19.1. The molecule has 0 aliphatic rings. The molecule has 3 aromatic rings. The minimum atomic E-state index is -0.496. The van der Waals surface area contributed by atoms with E-state index in [0.29, 0.717) is 28.7 Å². The average molecular weight is 299 g/mol. The Hall–Kier alpha value is -2.89. The number of rotatable bonds is 3. The van der Waals surface area contributed by atoms with E-state index in [-0.39, 0.29) is 18.1 Å². The minimum Gasteiger partial charge on any atom is -0.399 e. The normalized spacial score (nSPS) is 11.0. The first kappa shape index (κ1) is 14.1. The van der Waals surface area contributed by atoms with Crippen LogP contribution in [0.25, 0.3) is 11.0 Å². The molecule has 1 aromatic heterocycles. The quantitative estimate of drug-likeness (QED) is 0.728. The van der Waals surface area contributed by atoms with Crippen LogP contribution in [0, 0.1) is 5.82 Å². The topological polar surface area (TPSA) is 80.9 Å². The number of aromatic nitrogens is 2. The molecule has 0 saturated carbocycles. The van der Waals surface area contributed by atoms with Crippen molar-refractivity contribution in [3.05, 3.63) is 64.3 Å². The Morgan fingerprint density at radius 1 is 1.23 bits per heavy atom. The zero-order chi connectivity index (χ0) is 15.7. The summed E-state index contributed by atoms with van der Waals surface area (Å²) in [6, 6.07) is 10.9. The Morgan fingerprint density at radius 2 is 2.05 bits per heavy atom. The van der Waals surface area contributed by atoms with Gasteiger partial charge in [-0.3, -0.25) is 4.79 Å². The molecule has 112 valence electrons.